The Hall–Kier alpha value is -1.68. The average Bonchev–Trinajstić information content (AvgIpc) is 2.55. The SMILES string of the molecule is CC#CCOc1ccc(SC(CCCCN)C(=O)NO)cc1. The maximum Gasteiger partial charge on any atom is 0.256 e. The Morgan fingerprint density at radius 3 is 2.73 bits per heavy atom. The molecule has 0 saturated heterocycles. The highest BCUT2D eigenvalue weighted by Crippen LogP contribution is 2.28. The molecule has 1 aromatic carbocycles. The van der Waals surface area contributed by atoms with Crippen molar-refractivity contribution in [1.29, 1.82) is 0 Å². The summed E-state index contributed by atoms with van der Waals surface area (Å²) in [5.41, 5.74) is 7.19. The van der Waals surface area contributed by atoms with Crippen molar-refractivity contribution in [3.05, 3.63) is 24.3 Å². The van der Waals surface area contributed by atoms with Gasteiger partial charge in [0, 0.05) is 4.90 Å². The second-order valence-corrected chi connectivity index (χ2v) is 5.83. The zero-order valence-corrected chi connectivity index (χ0v) is 13.5. The topological polar surface area (TPSA) is 84.6 Å². The third-order valence-electron chi connectivity index (χ3n) is 2.91. The van der Waals surface area contributed by atoms with Gasteiger partial charge in [0.15, 0.2) is 0 Å². The van der Waals surface area contributed by atoms with E-state index in [0.29, 0.717) is 19.6 Å². The molecule has 0 bridgehead atoms. The molecule has 0 aliphatic rings. The zero-order valence-electron chi connectivity index (χ0n) is 12.7. The first-order chi connectivity index (χ1) is 10.7. The third-order valence-corrected chi connectivity index (χ3v) is 4.19. The molecule has 120 valence electrons. The molecule has 0 aliphatic carbocycles. The van der Waals surface area contributed by atoms with Gasteiger partial charge in [-0.2, -0.15) is 0 Å². The summed E-state index contributed by atoms with van der Waals surface area (Å²) in [5.74, 6) is 5.94. The van der Waals surface area contributed by atoms with Crippen molar-refractivity contribution in [2.75, 3.05) is 13.2 Å². The van der Waals surface area contributed by atoms with E-state index < -0.39 is 0 Å². The van der Waals surface area contributed by atoms with Crippen LogP contribution in [0.25, 0.3) is 0 Å². The lowest BCUT2D eigenvalue weighted by atomic mass is 10.2. The predicted octanol–water partition coefficient (Wildman–Crippen LogP) is 2.18. The largest absolute Gasteiger partial charge is 0.481 e. The number of carbonyl (C=O) groups is 1. The summed E-state index contributed by atoms with van der Waals surface area (Å²) in [6, 6.07) is 7.46. The highest BCUT2D eigenvalue weighted by molar-refractivity contribution is 8.00. The first-order valence-electron chi connectivity index (χ1n) is 7.14. The van der Waals surface area contributed by atoms with E-state index in [2.05, 4.69) is 11.8 Å². The van der Waals surface area contributed by atoms with Crippen molar-refractivity contribution in [2.24, 2.45) is 5.73 Å². The zero-order chi connectivity index (χ0) is 16.2. The van der Waals surface area contributed by atoms with E-state index in [4.69, 9.17) is 15.7 Å². The number of thioether (sulfide) groups is 1. The Kier molecular flexibility index (Phi) is 9.15. The van der Waals surface area contributed by atoms with E-state index in [1.54, 1.807) is 12.4 Å². The molecule has 6 heteroatoms. The summed E-state index contributed by atoms with van der Waals surface area (Å²) >= 11 is 1.41. The minimum absolute atomic E-state index is 0.339. The van der Waals surface area contributed by atoms with E-state index in [-0.39, 0.29) is 11.2 Å². The van der Waals surface area contributed by atoms with Crippen LogP contribution in [0.15, 0.2) is 29.2 Å². The van der Waals surface area contributed by atoms with Gasteiger partial charge in [0.1, 0.15) is 12.4 Å². The van der Waals surface area contributed by atoms with Crippen molar-refractivity contribution in [3.63, 3.8) is 0 Å². The van der Waals surface area contributed by atoms with Gasteiger partial charge < -0.3 is 10.5 Å². The number of benzene rings is 1. The molecule has 0 spiro atoms. The van der Waals surface area contributed by atoms with Crippen LogP contribution in [0.2, 0.25) is 0 Å². The van der Waals surface area contributed by atoms with Gasteiger partial charge >= 0.3 is 0 Å². The lowest BCUT2D eigenvalue weighted by Crippen LogP contribution is -2.30. The van der Waals surface area contributed by atoms with E-state index in [1.807, 2.05) is 24.3 Å². The summed E-state index contributed by atoms with van der Waals surface area (Å²) in [4.78, 5) is 12.6. The monoisotopic (exact) mass is 322 g/mol. The van der Waals surface area contributed by atoms with Gasteiger partial charge in [-0.3, -0.25) is 10.0 Å². The van der Waals surface area contributed by atoms with Crippen LogP contribution in [0.5, 0.6) is 5.75 Å². The van der Waals surface area contributed by atoms with E-state index in [9.17, 15) is 4.79 Å². The first-order valence-corrected chi connectivity index (χ1v) is 8.02. The number of amides is 1. The minimum Gasteiger partial charge on any atom is -0.481 e. The molecule has 5 nitrogen and oxygen atoms in total. The fourth-order valence-corrected chi connectivity index (χ4v) is 2.83. The highest BCUT2D eigenvalue weighted by atomic mass is 32.2. The van der Waals surface area contributed by atoms with E-state index in [1.165, 1.54) is 11.8 Å². The summed E-state index contributed by atoms with van der Waals surface area (Å²) in [6.07, 6.45) is 2.37. The molecule has 22 heavy (non-hydrogen) atoms. The van der Waals surface area contributed by atoms with E-state index in [0.717, 1.165) is 23.5 Å². The van der Waals surface area contributed by atoms with Crippen LogP contribution >= 0.6 is 11.8 Å². The van der Waals surface area contributed by atoms with Crippen LogP contribution in [0.4, 0.5) is 0 Å². The quantitative estimate of drug-likeness (QED) is 0.213. The normalized spacial score (nSPS) is 11.2. The van der Waals surface area contributed by atoms with Gasteiger partial charge in [-0.15, -0.1) is 17.7 Å². The molecule has 1 rings (SSSR count). The van der Waals surface area contributed by atoms with Crippen LogP contribution < -0.4 is 16.0 Å². The molecule has 0 fully saturated rings. The number of nitrogens with two attached hydrogens (primary N) is 1. The number of hydroxylamine groups is 1. The Balaban J connectivity index is 2.59. The van der Waals surface area contributed by atoms with Gasteiger partial charge in [-0.25, -0.2) is 5.48 Å². The molecule has 4 N–H and O–H groups in total. The van der Waals surface area contributed by atoms with Crippen molar-refractivity contribution in [2.45, 2.75) is 36.3 Å². The fraction of sp³-hybridized carbons (Fsp3) is 0.438. The van der Waals surface area contributed by atoms with Crippen LogP contribution in [-0.2, 0) is 4.79 Å². The fourth-order valence-electron chi connectivity index (χ4n) is 1.76. The Labute approximate surface area is 135 Å². The van der Waals surface area contributed by atoms with Crippen LogP contribution in [0.3, 0.4) is 0 Å². The van der Waals surface area contributed by atoms with Gasteiger partial charge in [0.25, 0.3) is 5.91 Å². The number of unbranched alkanes of at least 4 members (excludes halogenated alkanes) is 1. The highest BCUT2D eigenvalue weighted by Gasteiger charge is 2.18. The first kappa shape index (κ1) is 18.4. The van der Waals surface area contributed by atoms with Crippen LogP contribution in [0.1, 0.15) is 26.2 Å². The number of rotatable bonds is 9. The maximum atomic E-state index is 11.7. The van der Waals surface area contributed by atoms with Crippen molar-refractivity contribution in [3.8, 4) is 17.6 Å². The van der Waals surface area contributed by atoms with Gasteiger partial charge in [0.2, 0.25) is 0 Å². The van der Waals surface area contributed by atoms with Crippen molar-refractivity contribution < 1.29 is 14.7 Å². The molecular weight excluding hydrogens is 300 g/mol. The van der Waals surface area contributed by atoms with Gasteiger partial charge in [0.05, 0.1) is 5.25 Å². The summed E-state index contributed by atoms with van der Waals surface area (Å²) in [6.45, 7) is 2.72. The molecule has 0 aliphatic heterocycles. The lowest BCUT2D eigenvalue weighted by molar-refractivity contribution is -0.128. The molecule has 1 amide bonds. The molecule has 0 aromatic heterocycles. The number of nitrogens with one attached hydrogen (secondary N) is 1. The Morgan fingerprint density at radius 2 is 2.14 bits per heavy atom. The molecule has 0 heterocycles. The van der Waals surface area contributed by atoms with E-state index >= 15 is 0 Å². The Bertz CT molecular complexity index is 508. The maximum absolute atomic E-state index is 11.7. The molecular formula is C16H22N2O3S. The second-order valence-electron chi connectivity index (χ2n) is 4.55. The predicted molar refractivity (Wildman–Crippen MR) is 87.9 cm³/mol. The third kappa shape index (κ3) is 6.85. The minimum atomic E-state index is -0.388. The molecule has 1 unspecified atom stereocenters. The van der Waals surface area contributed by atoms with Gasteiger partial charge in [-0.05, 0) is 50.6 Å². The molecule has 1 aromatic rings. The standard InChI is InChI=1S/C16H22N2O3S/c1-2-3-12-21-13-7-9-14(10-8-13)22-15(16(19)18-20)6-4-5-11-17/h7-10,15,20H,4-6,11-12,17H2,1H3,(H,18,19). The van der Waals surface area contributed by atoms with Crippen LogP contribution in [-0.4, -0.2) is 29.5 Å². The Morgan fingerprint density at radius 1 is 1.41 bits per heavy atom. The van der Waals surface area contributed by atoms with Gasteiger partial charge in [-0.1, -0.05) is 12.3 Å². The summed E-state index contributed by atoms with van der Waals surface area (Å²) in [5, 5.41) is 8.50. The number of carbonyl (C=O) groups excluding carboxylic acids is 1. The second kappa shape index (κ2) is 11.0. The molecule has 1 atom stereocenters. The number of hydrogen-bond acceptors (Lipinski definition) is 5. The van der Waals surface area contributed by atoms with Crippen molar-refractivity contribution >= 4 is 17.7 Å². The average molecular weight is 322 g/mol. The molecule has 0 radical (unpaired) electrons. The van der Waals surface area contributed by atoms with Crippen LogP contribution in [0, 0.1) is 11.8 Å². The smallest absolute Gasteiger partial charge is 0.256 e. The number of ether oxygens (including phenoxy) is 1. The molecule has 0 saturated carbocycles. The lowest BCUT2D eigenvalue weighted by Gasteiger charge is -2.14. The number of hydrogen-bond donors (Lipinski definition) is 3. The summed E-state index contributed by atoms with van der Waals surface area (Å²) < 4.78 is 5.44. The van der Waals surface area contributed by atoms with Crippen molar-refractivity contribution in [1.82, 2.24) is 5.48 Å². The summed E-state index contributed by atoms with van der Waals surface area (Å²) in [7, 11) is 0.